The summed E-state index contributed by atoms with van der Waals surface area (Å²) in [5.74, 6) is -0.832. The maximum atomic E-state index is 12.5. The van der Waals surface area contributed by atoms with Crippen molar-refractivity contribution in [3.05, 3.63) is 11.1 Å². The molecule has 2 bridgehead atoms. The Morgan fingerprint density at radius 3 is 2.55 bits per heavy atom. The van der Waals surface area contributed by atoms with Gasteiger partial charge in [-0.3, -0.25) is 0 Å². The highest BCUT2D eigenvalue weighted by Crippen LogP contribution is 2.52. The van der Waals surface area contributed by atoms with Crippen LogP contribution in [0.15, 0.2) is 11.1 Å². The first kappa shape index (κ1) is 17.0. The maximum absolute atomic E-state index is 12.5. The zero-order valence-electron chi connectivity index (χ0n) is 13.9. The van der Waals surface area contributed by atoms with Crippen LogP contribution in [0.25, 0.3) is 0 Å². The van der Waals surface area contributed by atoms with Crippen molar-refractivity contribution in [1.82, 2.24) is 0 Å². The van der Waals surface area contributed by atoms with E-state index in [-0.39, 0.29) is 23.9 Å². The van der Waals surface area contributed by atoms with Crippen molar-refractivity contribution in [1.29, 1.82) is 0 Å². The Morgan fingerprint density at radius 1 is 1.23 bits per heavy atom. The zero-order valence-corrected chi connectivity index (χ0v) is 13.9. The van der Waals surface area contributed by atoms with Gasteiger partial charge in [0.25, 0.3) is 0 Å². The average Bonchev–Trinajstić information content (AvgIpc) is 3.02. The highest BCUT2D eigenvalue weighted by atomic mass is 16.5. The molecule has 0 saturated heterocycles. The molecule has 2 rings (SSSR count). The highest BCUT2D eigenvalue weighted by molar-refractivity contribution is 6.01. The minimum atomic E-state index is -0.940. The maximum Gasteiger partial charge on any atom is 0.335 e. The topological polar surface area (TPSA) is 63.6 Å². The van der Waals surface area contributed by atoms with Crippen LogP contribution in [0.1, 0.15) is 65.7 Å². The molecule has 4 nitrogen and oxygen atoms in total. The summed E-state index contributed by atoms with van der Waals surface area (Å²) in [5, 5.41) is 9.47. The third kappa shape index (κ3) is 3.36. The molecule has 0 aromatic heterocycles. The van der Waals surface area contributed by atoms with Crippen LogP contribution in [-0.4, -0.2) is 23.1 Å². The molecule has 0 amide bonds. The van der Waals surface area contributed by atoms with Gasteiger partial charge in [-0.2, -0.15) is 0 Å². The number of carboxylic acid groups (broad SMARTS) is 1. The van der Waals surface area contributed by atoms with Crippen molar-refractivity contribution >= 4 is 11.9 Å². The Hall–Kier alpha value is -1.32. The van der Waals surface area contributed by atoms with E-state index < -0.39 is 5.97 Å². The van der Waals surface area contributed by atoms with Gasteiger partial charge in [-0.25, -0.2) is 9.59 Å². The first-order chi connectivity index (χ1) is 10.5. The molecular weight excluding hydrogens is 280 g/mol. The van der Waals surface area contributed by atoms with E-state index in [1.807, 2.05) is 6.92 Å². The predicted octanol–water partition coefficient (Wildman–Crippen LogP) is 3.95. The lowest BCUT2D eigenvalue weighted by Gasteiger charge is -2.23. The molecule has 0 heterocycles. The smallest absolute Gasteiger partial charge is 0.335 e. The number of carbonyl (C=O) groups is 2. The van der Waals surface area contributed by atoms with Crippen LogP contribution < -0.4 is 0 Å². The van der Waals surface area contributed by atoms with E-state index in [1.165, 1.54) is 0 Å². The summed E-state index contributed by atoms with van der Waals surface area (Å²) in [6.45, 7) is 6.24. The van der Waals surface area contributed by atoms with Gasteiger partial charge < -0.3 is 9.84 Å². The SMILES string of the molecule is CCCCCC(CC)OC(=O)C1=C(C(=O)O)C2CC1CC2C. The monoisotopic (exact) mass is 308 g/mol. The summed E-state index contributed by atoms with van der Waals surface area (Å²) < 4.78 is 5.64. The van der Waals surface area contributed by atoms with E-state index in [1.54, 1.807) is 0 Å². The Kier molecular flexibility index (Phi) is 5.65. The number of carboxylic acids is 1. The van der Waals surface area contributed by atoms with Gasteiger partial charge in [0.1, 0.15) is 6.10 Å². The Morgan fingerprint density at radius 2 is 1.95 bits per heavy atom. The standard InChI is InChI=1S/C18H28O4/c1-4-6-7-8-13(5-2)22-18(21)15-12-9-11(3)14(10-12)16(15)17(19)20/h11-14H,4-10H2,1-3H3,(H,19,20). The molecule has 124 valence electrons. The number of fused-ring (bicyclic) bond motifs is 2. The van der Waals surface area contributed by atoms with Gasteiger partial charge in [-0.1, -0.05) is 33.6 Å². The van der Waals surface area contributed by atoms with E-state index in [0.29, 0.717) is 17.1 Å². The van der Waals surface area contributed by atoms with E-state index in [2.05, 4.69) is 13.8 Å². The van der Waals surface area contributed by atoms with E-state index in [0.717, 1.165) is 44.9 Å². The molecule has 4 unspecified atom stereocenters. The number of esters is 1. The number of unbranched alkanes of at least 4 members (excludes halogenated alkanes) is 2. The van der Waals surface area contributed by atoms with Crippen LogP contribution in [0, 0.1) is 17.8 Å². The second-order valence-electron chi connectivity index (χ2n) is 6.82. The summed E-state index contributed by atoms with van der Waals surface area (Å²) in [5.41, 5.74) is 0.793. The first-order valence-corrected chi connectivity index (χ1v) is 8.67. The fourth-order valence-electron chi connectivity index (χ4n) is 4.04. The fourth-order valence-corrected chi connectivity index (χ4v) is 4.04. The second-order valence-corrected chi connectivity index (χ2v) is 6.82. The van der Waals surface area contributed by atoms with Crippen LogP contribution in [0.5, 0.6) is 0 Å². The molecule has 2 aliphatic carbocycles. The molecule has 1 fully saturated rings. The van der Waals surface area contributed by atoms with Gasteiger partial charge >= 0.3 is 11.9 Å². The molecule has 1 saturated carbocycles. The van der Waals surface area contributed by atoms with E-state index in [9.17, 15) is 14.7 Å². The number of ether oxygens (including phenoxy) is 1. The quantitative estimate of drug-likeness (QED) is 0.545. The van der Waals surface area contributed by atoms with Crippen molar-refractivity contribution in [3.8, 4) is 0 Å². The zero-order chi connectivity index (χ0) is 16.3. The summed E-state index contributed by atoms with van der Waals surface area (Å²) in [6, 6.07) is 0. The minimum absolute atomic E-state index is 0.0326. The largest absolute Gasteiger partial charge is 0.478 e. The second kappa shape index (κ2) is 7.30. The van der Waals surface area contributed by atoms with Gasteiger partial charge in [-0.05, 0) is 49.9 Å². The van der Waals surface area contributed by atoms with Crippen molar-refractivity contribution in [2.75, 3.05) is 0 Å². The molecular formula is C18H28O4. The van der Waals surface area contributed by atoms with Gasteiger partial charge in [-0.15, -0.1) is 0 Å². The third-order valence-corrected chi connectivity index (χ3v) is 5.26. The minimum Gasteiger partial charge on any atom is -0.478 e. The van der Waals surface area contributed by atoms with Crippen molar-refractivity contribution in [2.24, 2.45) is 17.8 Å². The number of aliphatic carboxylic acids is 1. The number of hydrogen-bond donors (Lipinski definition) is 1. The Labute approximate surface area is 132 Å². The number of carbonyl (C=O) groups excluding carboxylic acids is 1. The first-order valence-electron chi connectivity index (χ1n) is 8.67. The summed E-state index contributed by atoms with van der Waals surface area (Å²) in [4.78, 5) is 24.1. The fraction of sp³-hybridized carbons (Fsp3) is 0.778. The number of hydrogen-bond acceptors (Lipinski definition) is 3. The molecule has 4 heteroatoms. The Balaban J connectivity index is 2.07. The van der Waals surface area contributed by atoms with Gasteiger partial charge in [0.15, 0.2) is 0 Å². The lowest BCUT2D eigenvalue weighted by atomic mass is 9.84. The molecule has 0 aromatic carbocycles. The third-order valence-electron chi connectivity index (χ3n) is 5.26. The van der Waals surface area contributed by atoms with Crippen molar-refractivity contribution in [3.63, 3.8) is 0 Å². The normalized spacial score (nSPS) is 28.0. The Bertz CT molecular complexity index is 466. The van der Waals surface area contributed by atoms with Crippen LogP contribution in [0.4, 0.5) is 0 Å². The van der Waals surface area contributed by atoms with Crippen molar-refractivity contribution < 1.29 is 19.4 Å². The summed E-state index contributed by atoms with van der Waals surface area (Å²) in [7, 11) is 0. The number of rotatable bonds is 8. The van der Waals surface area contributed by atoms with Crippen LogP contribution in [-0.2, 0) is 14.3 Å². The summed E-state index contributed by atoms with van der Waals surface area (Å²) >= 11 is 0. The van der Waals surface area contributed by atoms with Gasteiger partial charge in [0.2, 0.25) is 0 Å². The van der Waals surface area contributed by atoms with Gasteiger partial charge in [0, 0.05) is 0 Å². The van der Waals surface area contributed by atoms with Gasteiger partial charge in [0.05, 0.1) is 11.1 Å². The lowest BCUT2D eigenvalue weighted by molar-refractivity contribution is -0.146. The molecule has 2 aliphatic rings. The van der Waals surface area contributed by atoms with E-state index in [4.69, 9.17) is 4.74 Å². The molecule has 4 atom stereocenters. The predicted molar refractivity (Wildman–Crippen MR) is 84.4 cm³/mol. The molecule has 0 spiro atoms. The molecule has 0 aliphatic heterocycles. The molecule has 1 N–H and O–H groups in total. The van der Waals surface area contributed by atoms with Crippen LogP contribution in [0.2, 0.25) is 0 Å². The molecule has 22 heavy (non-hydrogen) atoms. The summed E-state index contributed by atoms with van der Waals surface area (Å²) in [6.07, 6.45) is 6.62. The molecule has 0 aromatic rings. The van der Waals surface area contributed by atoms with Crippen LogP contribution in [0.3, 0.4) is 0 Å². The lowest BCUT2D eigenvalue weighted by Crippen LogP contribution is -2.26. The highest BCUT2D eigenvalue weighted by Gasteiger charge is 2.49. The van der Waals surface area contributed by atoms with Crippen molar-refractivity contribution in [2.45, 2.75) is 71.8 Å². The average molecular weight is 308 g/mol. The van der Waals surface area contributed by atoms with Crippen LogP contribution >= 0.6 is 0 Å². The molecule has 0 radical (unpaired) electrons. The van der Waals surface area contributed by atoms with E-state index >= 15 is 0 Å².